The van der Waals surface area contributed by atoms with Crippen molar-refractivity contribution in [1.82, 2.24) is 4.57 Å². The Morgan fingerprint density at radius 1 is 1.35 bits per heavy atom. The van der Waals surface area contributed by atoms with Crippen LogP contribution in [-0.4, -0.2) is 10.5 Å². The molecule has 0 unspecified atom stereocenters. The van der Waals surface area contributed by atoms with Gasteiger partial charge in [-0.05, 0) is 49.9 Å². The highest BCUT2D eigenvalue weighted by Crippen LogP contribution is 2.37. The summed E-state index contributed by atoms with van der Waals surface area (Å²) >= 11 is 0. The lowest BCUT2D eigenvalue weighted by Gasteiger charge is -2.12. The summed E-state index contributed by atoms with van der Waals surface area (Å²) in [5.41, 5.74) is 10.2. The van der Waals surface area contributed by atoms with E-state index in [1.54, 1.807) is 6.07 Å². The highest BCUT2D eigenvalue weighted by Gasteiger charge is 2.27. The standard InChI is InChI=1S/C16H19N3O/c1-10-4-3-5-14(11(10)2)18-16(20)15-8-12(17)9-19(15)13-6-7-13/h3-5,8-9,13H,6-7,17H2,1-2H3,(H,18,20). The van der Waals surface area contributed by atoms with Crippen LogP contribution in [0.2, 0.25) is 0 Å². The van der Waals surface area contributed by atoms with Crippen LogP contribution in [0, 0.1) is 13.8 Å². The number of rotatable bonds is 3. The normalized spacial score (nSPS) is 14.3. The molecule has 0 atom stereocenters. The molecule has 1 aliphatic rings. The van der Waals surface area contributed by atoms with Crippen LogP contribution >= 0.6 is 0 Å². The van der Waals surface area contributed by atoms with E-state index in [-0.39, 0.29) is 5.91 Å². The van der Waals surface area contributed by atoms with E-state index in [1.165, 1.54) is 5.56 Å². The van der Waals surface area contributed by atoms with E-state index < -0.39 is 0 Å². The highest BCUT2D eigenvalue weighted by molar-refractivity contribution is 6.04. The second-order valence-corrected chi connectivity index (χ2v) is 5.50. The highest BCUT2D eigenvalue weighted by atomic mass is 16.2. The van der Waals surface area contributed by atoms with Gasteiger partial charge in [0.05, 0.1) is 5.69 Å². The molecule has 104 valence electrons. The zero-order valence-corrected chi connectivity index (χ0v) is 11.8. The Hall–Kier alpha value is -2.23. The molecular formula is C16H19N3O. The number of nitrogens with two attached hydrogens (primary N) is 1. The Morgan fingerprint density at radius 2 is 2.10 bits per heavy atom. The number of hydrogen-bond donors (Lipinski definition) is 2. The molecule has 1 aromatic heterocycles. The molecule has 1 aromatic carbocycles. The number of hydrogen-bond acceptors (Lipinski definition) is 2. The van der Waals surface area contributed by atoms with Gasteiger partial charge in [-0.15, -0.1) is 0 Å². The van der Waals surface area contributed by atoms with E-state index in [0.717, 1.165) is 24.1 Å². The zero-order chi connectivity index (χ0) is 14.3. The number of nitrogens with zero attached hydrogens (tertiary/aromatic N) is 1. The summed E-state index contributed by atoms with van der Waals surface area (Å²) in [7, 11) is 0. The minimum absolute atomic E-state index is 0.0951. The van der Waals surface area contributed by atoms with Crippen molar-refractivity contribution in [3.8, 4) is 0 Å². The predicted octanol–water partition coefficient (Wildman–Crippen LogP) is 3.27. The SMILES string of the molecule is Cc1cccc(NC(=O)c2cc(N)cn2C2CC2)c1C. The third-order valence-corrected chi connectivity index (χ3v) is 3.90. The Morgan fingerprint density at radius 3 is 2.80 bits per heavy atom. The van der Waals surface area contributed by atoms with E-state index >= 15 is 0 Å². The van der Waals surface area contributed by atoms with Crippen LogP contribution < -0.4 is 11.1 Å². The Bertz CT molecular complexity index is 668. The van der Waals surface area contributed by atoms with Gasteiger partial charge in [0.15, 0.2) is 0 Å². The first-order chi connectivity index (χ1) is 9.56. The van der Waals surface area contributed by atoms with Gasteiger partial charge in [-0.25, -0.2) is 0 Å². The maximum Gasteiger partial charge on any atom is 0.272 e. The molecule has 1 aliphatic carbocycles. The zero-order valence-electron chi connectivity index (χ0n) is 11.8. The van der Waals surface area contributed by atoms with Gasteiger partial charge in [0.2, 0.25) is 0 Å². The first-order valence-electron chi connectivity index (χ1n) is 6.91. The topological polar surface area (TPSA) is 60.1 Å². The van der Waals surface area contributed by atoms with Crippen molar-refractivity contribution >= 4 is 17.3 Å². The molecule has 0 saturated heterocycles. The molecule has 1 amide bonds. The second kappa shape index (κ2) is 4.71. The number of carbonyl (C=O) groups is 1. The fourth-order valence-corrected chi connectivity index (χ4v) is 2.41. The molecule has 2 aromatic rings. The van der Waals surface area contributed by atoms with Gasteiger partial charge >= 0.3 is 0 Å². The van der Waals surface area contributed by atoms with E-state index in [4.69, 9.17) is 5.73 Å². The van der Waals surface area contributed by atoms with E-state index in [9.17, 15) is 4.79 Å². The summed E-state index contributed by atoms with van der Waals surface area (Å²) in [6.07, 6.45) is 4.10. The number of nitrogen functional groups attached to an aromatic ring is 1. The Balaban J connectivity index is 1.88. The molecule has 20 heavy (non-hydrogen) atoms. The van der Waals surface area contributed by atoms with Crippen molar-refractivity contribution < 1.29 is 4.79 Å². The predicted molar refractivity (Wildman–Crippen MR) is 81.0 cm³/mol. The first kappa shape index (κ1) is 12.8. The number of amides is 1. The average molecular weight is 269 g/mol. The van der Waals surface area contributed by atoms with Gasteiger partial charge in [-0.3, -0.25) is 4.79 Å². The number of nitrogens with one attached hydrogen (secondary N) is 1. The largest absolute Gasteiger partial charge is 0.397 e. The van der Waals surface area contributed by atoms with Crippen molar-refractivity contribution in [1.29, 1.82) is 0 Å². The Labute approximate surface area is 118 Å². The van der Waals surface area contributed by atoms with Crippen molar-refractivity contribution in [3.05, 3.63) is 47.3 Å². The van der Waals surface area contributed by atoms with Crippen molar-refractivity contribution in [2.75, 3.05) is 11.1 Å². The summed E-state index contributed by atoms with van der Waals surface area (Å²) < 4.78 is 2.00. The summed E-state index contributed by atoms with van der Waals surface area (Å²) in [6.45, 7) is 4.05. The quantitative estimate of drug-likeness (QED) is 0.898. The van der Waals surface area contributed by atoms with Crippen LogP contribution in [-0.2, 0) is 0 Å². The smallest absolute Gasteiger partial charge is 0.272 e. The van der Waals surface area contributed by atoms with E-state index in [0.29, 0.717) is 17.4 Å². The second-order valence-electron chi connectivity index (χ2n) is 5.50. The average Bonchev–Trinajstić information content (AvgIpc) is 3.18. The van der Waals surface area contributed by atoms with Gasteiger partial charge < -0.3 is 15.6 Å². The molecule has 3 N–H and O–H groups in total. The maximum absolute atomic E-state index is 12.5. The van der Waals surface area contributed by atoms with E-state index in [2.05, 4.69) is 5.32 Å². The number of carbonyl (C=O) groups excluding carboxylic acids is 1. The summed E-state index contributed by atoms with van der Waals surface area (Å²) in [6, 6.07) is 8.10. The maximum atomic E-state index is 12.5. The van der Waals surface area contributed by atoms with Gasteiger partial charge in [0.25, 0.3) is 5.91 Å². The summed E-state index contributed by atoms with van der Waals surface area (Å²) in [5, 5.41) is 2.99. The van der Waals surface area contributed by atoms with Crippen molar-refractivity contribution in [2.24, 2.45) is 0 Å². The molecule has 0 spiro atoms. The van der Waals surface area contributed by atoms with Crippen LogP contribution in [0.3, 0.4) is 0 Å². The van der Waals surface area contributed by atoms with E-state index in [1.807, 2.05) is 42.8 Å². The number of aromatic nitrogens is 1. The van der Waals surface area contributed by atoms with Crippen molar-refractivity contribution in [2.45, 2.75) is 32.7 Å². The lowest BCUT2D eigenvalue weighted by Crippen LogP contribution is -2.17. The molecular weight excluding hydrogens is 250 g/mol. The monoisotopic (exact) mass is 269 g/mol. The Kier molecular flexibility index (Phi) is 3.01. The number of benzene rings is 1. The molecule has 4 nitrogen and oxygen atoms in total. The fourth-order valence-electron chi connectivity index (χ4n) is 2.41. The lowest BCUT2D eigenvalue weighted by molar-refractivity contribution is 0.101. The van der Waals surface area contributed by atoms with Crippen LogP contribution in [0.15, 0.2) is 30.5 Å². The molecule has 0 radical (unpaired) electrons. The summed E-state index contributed by atoms with van der Waals surface area (Å²) in [5.74, 6) is -0.0951. The van der Waals surface area contributed by atoms with Gasteiger partial charge in [-0.2, -0.15) is 0 Å². The van der Waals surface area contributed by atoms with Crippen molar-refractivity contribution in [3.63, 3.8) is 0 Å². The fraction of sp³-hybridized carbons (Fsp3) is 0.312. The lowest BCUT2D eigenvalue weighted by atomic mass is 10.1. The minimum Gasteiger partial charge on any atom is -0.397 e. The molecule has 4 heteroatoms. The first-order valence-corrected chi connectivity index (χ1v) is 6.91. The van der Waals surface area contributed by atoms with Crippen LogP contribution in [0.4, 0.5) is 11.4 Å². The number of anilines is 2. The van der Waals surface area contributed by atoms with Crippen LogP contribution in [0.5, 0.6) is 0 Å². The van der Waals surface area contributed by atoms with Crippen LogP contribution in [0.1, 0.15) is 40.5 Å². The summed E-state index contributed by atoms with van der Waals surface area (Å²) in [4.78, 5) is 12.5. The molecule has 3 rings (SSSR count). The minimum atomic E-state index is -0.0951. The third kappa shape index (κ3) is 2.29. The van der Waals surface area contributed by atoms with Gasteiger partial charge in [0, 0.05) is 17.9 Å². The molecule has 1 saturated carbocycles. The molecule has 0 bridgehead atoms. The molecule has 0 aliphatic heterocycles. The third-order valence-electron chi connectivity index (χ3n) is 3.90. The van der Waals surface area contributed by atoms with Gasteiger partial charge in [-0.1, -0.05) is 12.1 Å². The number of aryl methyl sites for hydroxylation is 1. The van der Waals surface area contributed by atoms with Crippen LogP contribution in [0.25, 0.3) is 0 Å². The molecule has 1 fully saturated rings. The molecule has 1 heterocycles. The van der Waals surface area contributed by atoms with Gasteiger partial charge in [0.1, 0.15) is 5.69 Å².